The number of rotatable bonds is 4. The fourth-order valence-electron chi connectivity index (χ4n) is 1.73. The molecule has 1 N–H and O–H groups in total. The molecule has 0 saturated carbocycles. The number of ether oxygens (including phenoxy) is 1. The molecule has 0 aliphatic carbocycles. The van der Waals surface area contributed by atoms with Gasteiger partial charge in [-0.05, 0) is 31.9 Å². The number of benzene rings is 1. The lowest BCUT2D eigenvalue weighted by Crippen LogP contribution is -2.27. The van der Waals surface area contributed by atoms with E-state index in [9.17, 15) is 4.79 Å². The highest BCUT2D eigenvalue weighted by Gasteiger charge is 2.09. The molecule has 1 rings (SSSR count). The SMILES string of the molecule is COC(=O)CNC(C)c1ccc(C)cc1C. The van der Waals surface area contributed by atoms with Crippen molar-refractivity contribution in [3.8, 4) is 0 Å². The minimum Gasteiger partial charge on any atom is -0.468 e. The van der Waals surface area contributed by atoms with Crippen molar-refractivity contribution in [2.45, 2.75) is 26.8 Å². The summed E-state index contributed by atoms with van der Waals surface area (Å²) in [7, 11) is 1.39. The quantitative estimate of drug-likeness (QED) is 0.791. The van der Waals surface area contributed by atoms with E-state index in [1.165, 1.54) is 23.8 Å². The fraction of sp³-hybridized carbons (Fsp3) is 0.462. The molecule has 0 aliphatic heterocycles. The van der Waals surface area contributed by atoms with Crippen molar-refractivity contribution in [1.29, 1.82) is 0 Å². The highest BCUT2D eigenvalue weighted by atomic mass is 16.5. The van der Waals surface area contributed by atoms with Gasteiger partial charge in [0.05, 0.1) is 13.7 Å². The summed E-state index contributed by atoms with van der Waals surface area (Å²) in [5, 5.41) is 3.14. The molecule has 1 aromatic rings. The molecular weight excluding hydrogens is 202 g/mol. The number of nitrogens with one attached hydrogen (secondary N) is 1. The maximum atomic E-state index is 11.0. The van der Waals surface area contributed by atoms with Gasteiger partial charge in [-0.3, -0.25) is 4.79 Å². The summed E-state index contributed by atoms with van der Waals surface area (Å²) in [5.41, 5.74) is 3.71. The predicted molar refractivity (Wildman–Crippen MR) is 64.3 cm³/mol. The van der Waals surface area contributed by atoms with Crippen molar-refractivity contribution in [3.05, 3.63) is 34.9 Å². The van der Waals surface area contributed by atoms with E-state index < -0.39 is 0 Å². The van der Waals surface area contributed by atoms with Gasteiger partial charge in [0.25, 0.3) is 0 Å². The van der Waals surface area contributed by atoms with E-state index in [0.29, 0.717) is 0 Å². The van der Waals surface area contributed by atoms with Gasteiger partial charge in [0.2, 0.25) is 0 Å². The molecule has 1 atom stereocenters. The summed E-state index contributed by atoms with van der Waals surface area (Å²) in [6, 6.07) is 6.48. The zero-order valence-electron chi connectivity index (χ0n) is 10.3. The summed E-state index contributed by atoms with van der Waals surface area (Å²) in [4.78, 5) is 11.0. The van der Waals surface area contributed by atoms with Crippen LogP contribution in [0.3, 0.4) is 0 Å². The Bertz CT molecular complexity index is 374. The standard InChI is InChI=1S/C13H19NO2/c1-9-5-6-12(10(2)7-9)11(3)14-8-13(15)16-4/h5-7,11,14H,8H2,1-4H3. The average Bonchev–Trinajstić information content (AvgIpc) is 2.25. The van der Waals surface area contributed by atoms with E-state index in [4.69, 9.17) is 0 Å². The van der Waals surface area contributed by atoms with Gasteiger partial charge in [0.15, 0.2) is 0 Å². The Morgan fingerprint density at radius 1 is 1.44 bits per heavy atom. The summed E-state index contributed by atoms with van der Waals surface area (Å²) in [5.74, 6) is -0.239. The van der Waals surface area contributed by atoms with Gasteiger partial charge in [-0.25, -0.2) is 0 Å². The molecule has 0 aromatic heterocycles. The van der Waals surface area contributed by atoms with Crippen molar-refractivity contribution >= 4 is 5.97 Å². The number of hydrogen-bond acceptors (Lipinski definition) is 3. The first-order valence-corrected chi connectivity index (χ1v) is 5.42. The van der Waals surface area contributed by atoms with E-state index in [2.05, 4.69) is 42.1 Å². The van der Waals surface area contributed by atoms with Crippen LogP contribution in [0.15, 0.2) is 18.2 Å². The number of carbonyl (C=O) groups excluding carboxylic acids is 1. The third kappa shape index (κ3) is 3.35. The van der Waals surface area contributed by atoms with Crippen LogP contribution in [0.5, 0.6) is 0 Å². The second-order valence-corrected chi connectivity index (χ2v) is 4.04. The Labute approximate surface area is 96.8 Å². The molecule has 3 nitrogen and oxygen atoms in total. The van der Waals surface area contributed by atoms with Gasteiger partial charge >= 0.3 is 5.97 Å². The number of aryl methyl sites for hydroxylation is 2. The molecule has 1 unspecified atom stereocenters. The van der Waals surface area contributed by atoms with Gasteiger partial charge in [-0.15, -0.1) is 0 Å². The van der Waals surface area contributed by atoms with Crippen molar-refractivity contribution < 1.29 is 9.53 Å². The first-order chi connectivity index (χ1) is 7.54. The van der Waals surface area contributed by atoms with E-state index in [1.54, 1.807) is 0 Å². The van der Waals surface area contributed by atoms with Gasteiger partial charge in [-0.2, -0.15) is 0 Å². The molecule has 3 heteroatoms. The van der Waals surface area contributed by atoms with Crippen molar-refractivity contribution in [1.82, 2.24) is 5.32 Å². The molecule has 0 bridgehead atoms. The molecule has 0 fully saturated rings. The Morgan fingerprint density at radius 3 is 2.69 bits per heavy atom. The number of hydrogen-bond donors (Lipinski definition) is 1. The van der Waals surface area contributed by atoms with Crippen LogP contribution in [-0.4, -0.2) is 19.6 Å². The van der Waals surface area contributed by atoms with E-state index in [1.807, 2.05) is 6.92 Å². The van der Waals surface area contributed by atoms with E-state index in [0.717, 1.165) is 0 Å². The highest BCUT2D eigenvalue weighted by molar-refractivity contribution is 5.71. The summed E-state index contributed by atoms with van der Waals surface area (Å²) in [6.07, 6.45) is 0. The average molecular weight is 221 g/mol. The first-order valence-electron chi connectivity index (χ1n) is 5.42. The molecule has 0 spiro atoms. The van der Waals surface area contributed by atoms with Crippen LogP contribution < -0.4 is 5.32 Å². The second kappa shape index (κ2) is 5.66. The molecule has 0 heterocycles. The van der Waals surface area contributed by atoms with Gasteiger partial charge < -0.3 is 10.1 Å². The monoisotopic (exact) mass is 221 g/mol. The number of carbonyl (C=O) groups is 1. The Balaban J connectivity index is 2.65. The topological polar surface area (TPSA) is 38.3 Å². The summed E-state index contributed by atoms with van der Waals surface area (Å²) in [6.45, 7) is 6.44. The van der Waals surface area contributed by atoms with Crippen LogP contribution in [0.2, 0.25) is 0 Å². The zero-order chi connectivity index (χ0) is 12.1. The normalized spacial score (nSPS) is 12.2. The van der Waals surface area contributed by atoms with Crippen molar-refractivity contribution in [2.75, 3.05) is 13.7 Å². The summed E-state index contributed by atoms with van der Waals surface area (Å²) >= 11 is 0. The molecule has 0 aliphatic rings. The molecule has 16 heavy (non-hydrogen) atoms. The maximum absolute atomic E-state index is 11.0. The molecule has 1 aromatic carbocycles. The molecule has 88 valence electrons. The van der Waals surface area contributed by atoms with Gasteiger partial charge in [0, 0.05) is 6.04 Å². The third-order valence-electron chi connectivity index (χ3n) is 2.67. The molecule has 0 amide bonds. The van der Waals surface area contributed by atoms with Crippen molar-refractivity contribution in [3.63, 3.8) is 0 Å². The lowest BCUT2D eigenvalue weighted by molar-refractivity contribution is -0.139. The van der Waals surface area contributed by atoms with Crippen LogP contribution in [0.25, 0.3) is 0 Å². The first kappa shape index (κ1) is 12.7. The van der Waals surface area contributed by atoms with Crippen LogP contribution in [0.1, 0.15) is 29.7 Å². The maximum Gasteiger partial charge on any atom is 0.319 e. The van der Waals surface area contributed by atoms with Crippen LogP contribution in [0, 0.1) is 13.8 Å². The fourth-order valence-corrected chi connectivity index (χ4v) is 1.73. The third-order valence-corrected chi connectivity index (χ3v) is 2.67. The Hall–Kier alpha value is -1.35. The molecule has 0 saturated heterocycles. The van der Waals surface area contributed by atoms with Gasteiger partial charge in [-0.1, -0.05) is 23.8 Å². The van der Waals surface area contributed by atoms with Gasteiger partial charge in [0.1, 0.15) is 0 Å². The van der Waals surface area contributed by atoms with Crippen molar-refractivity contribution in [2.24, 2.45) is 0 Å². The largest absolute Gasteiger partial charge is 0.468 e. The lowest BCUT2D eigenvalue weighted by atomic mass is 10.0. The van der Waals surface area contributed by atoms with E-state index >= 15 is 0 Å². The Morgan fingerprint density at radius 2 is 2.12 bits per heavy atom. The minimum absolute atomic E-state index is 0.152. The van der Waals surface area contributed by atoms with Crippen LogP contribution in [-0.2, 0) is 9.53 Å². The van der Waals surface area contributed by atoms with Crippen LogP contribution >= 0.6 is 0 Å². The molecular formula is C13H19NO2. The molecule has 0 radical (unpaired) electrons. The van der Waals surface area contributed by atoms with E-state index in [-0.39, 0.29) is 18.6 Å². The second-order valence-electron chi connectivity index (χ2n) is 4.04. The summed E-state index contributed by atoms with van der Waals surface area (Å²) < 4.78 is 4.58. The lowest BCUT2D eigenvalue weighted by Gasteiger charge is -2.16. The smallest absolute Gasteiger partial charge is 0.319 e. The highest BCUT2D eigenvalue weighted by Crippen LogP contribution is 2.18. The predicted octanol–water partition coefficient (Wildman–Crippen LogP) is 2.13. The zero-order valence-corrected chi connectivity index (χ0v) is 10.3. The van der Waals surface area contributed by atoms with Crippen LogP contribution in [0.4, 0.5) is 0 Å². The Kier molecular flexibility index (Phi) is 4.50. The number of methoxy groups -OCH3 is 1. The minimum atomic E-state index is -0.239. The number of esters is 1.